The first-order chi connectivity index (χ1) is 8.29. The van der Waals surface area contributed by atoms with Crippen molar-refractivity contribution < 1.29 is 9.21 Å². The molecule has 0 atom stereocenters. The van der Waals surface area contributed by atoms with Gasteiger partial charge >= 0.3 is 0 Å². The van der Waals surface area contributed by atoms with Gasteiger partial charge < -0.3 is 9.73 Å². The minimum atomic E-state index is -0.200. The van der Waals surface area contributed by atoms with Crippen molar-refractivity contribution in [2.24, 2.45) is 0 Å². The lowest BCUT2D eigenvalue weighted by atomic mass is 10.3. The van der Waals surface area contributed by atoms with E-state index < -0.39 is 0 Å². The fourth-order valence-electron chi connectivity index (χ4n) is 1.46. The number of nitrogens with zero attached hydrogens (tertiary/aromatic N) is 1. The summed E-state index contributed by atoms with van der Waals surface area (Å²) in [5.41, 5.74) is 0.961. The maximum atomic E-state index is 11.7. The monoisotopic (exact) mass is 230 g/mol. The van der Waals surface area contributed by atoms with E-state index in [9.17, 15) is 4.79 Å². The Morgan fingerprint density at radius 1 is 1.41 bits per heavy atom. The summed E-state index contributed by atoms with van der Waals surface area (Å²) in [6, 6.07) is 7.26. The van der Waals surface area contributed by atoms with Crippen molar-refractivity contribution in [3.05, 3.63) is 53.7 Å². The van der Waals surface area contributed by atoms with Crippen molar-refractivity contribution in [1.29, 1.82) is 0 Å². The van der Waals surface area contributed by atoms with Crippen LogP contribution in [0, 0.1) is 0 Å². The van der Waals surface area contributed by atoms with Gasteiger partial charge in [0.05, 0.1) is 0 Å². The van der Waals surface area contributed by atoms with Crippen LogP contribution >= 0.6 is 0 Å². The quantitative estimate of drug-likeness (QED) is 0.875. The van der Waals surface area contributed by atoms with Gasteiger partial charge in [0.15, 0.2) is 5.76 Å². The van der Waals surface area contributed by atoms with Crippen LogP contribution in [-0.2, 0) is 13.0 Å². The van der Waals surface area contributed by atoms with Gasteiger partial charge in [0.25, 0.3) is 5.91 Å². The van der Waals surface area contributed by atoms with E-state index >= 15 is 0 Å². The van der Waals surface area contributed by atoms with E-state index in [-0.39, 0.29) is 5.91 Å². The summed E-state index contributed by atoms with van der Waals surface area (Å²) in [5.74, 6) is 0.968. The summed E-state index contributed by atoms with van der Waals surface area (Å²) in [6.45, 7) is 2.44. The maximum Gasteiger partial charge on any atom is 0.287 e. The maximum absolute atomic E-state index is 11.7. The molecule has 2 rings (SSSR count). The summed E-state index contributed by atoms with van der Waals surface area (Å²) in [6.07, 6.45) is 4.21. The normalized spacial score (nSPS) is 10.2. The van der Waals surface area contributed by atoms with Crippen LogP contribution in [0.25, 0.3) is 0 Å². The largest absolute Gasteiger partial charge is 0.456 e. The number of nitrogens with one attached hydrogen (secondary N) is 1. The van der Waals surface area contributed by atoms with Gasteiger partial charge in [0.2, 0.25) is 0 Å². The highest BCUT2D eigenvalue weighted by molar-refractivity contribution is 5.91. The van der Waals surface area contributed by atoms with Crippen LogP contribution < -0.4 is 5.32 Å². The highest BCUT2D eigenvalue weighted by Gasteiger charge is 2.09. The van der Waals surface area contributed by atoms with E-state index in [1.54, 1.807) is 18.5 Å². The lowest BCUT2D eigenvalue weighted by Gasteiger charge is -2.02. The molecule has 0 radical (unpaired) electrons. The Labute approximate surface area is 99.7 Å². The number of furan rings is 1. The third-order valence-corrected chi connectivity index (χ3v) is 2.41. The van der Waals surface area contributed by atoms with E-state index in [1.807, 2.05) is 25.1 Å². The predicted molar refractivity (Wildman–Crippen MR) is 63.5 cm³/mol. The van der Waals surface area contributed by atoms with Crippen LogP contribution in [-0.4, -0.2) is 10.9 Å². The Morgan fingerprint density at radius 2 is 2.29 bits per heavy atom. The third kappa shape index (κ3) is 2.93. The molecular weight excluding hydrogens is 216 g/mol. The number of hydrogen-bond acceptors (Lipinski definition) is 3. The molecule has 0 unspecified atom stereocenters. The van der Waals surface area contributed by atoms with Crippen molar-refractivity contribution in [1.82, 2.24) is 10.3 Å². The van der Waals surface area contributed by atoms with Crippen molar-refractivity contribution in [3.63, 3.8) is 0 Å². The molecule has 4 heteroatoms. The molecule has 0 aliphatic rings. The molecule has 0 spiro atoms. The molecule has 0 fully saturated rings. The lowest BCUT2D eigenvalue weighted by molar-refractivity contribution is 0.0921. The molecule has 2 heterocycles. The van der Waals surface area contributed by atoms with Gasteiger partial charge in [-0.3, -0.25) is 9.78 Å². The van der Waals surface area contributed by atoms with Crippen LogP contribution in [0.3, 0.4) is 0 Å². The van der Waals surface area contributed by atoms with E-state index in [1.165, 1.54) is 0 Å². The zero-order chi connectivity index (χ0) is 12.1. The second-order valence-electron chi connectivity index (χ2n) is 3.66. The number of aryl methyl sites for hydroxylation is 1. The van der Waals surface area contributed by atoms with E-state index in [0.717, 1.165) is 17.7 Å². The second-order valence-corrected chi connectivity index (χ2v) is 3.66. The van der Waals surface area contributed by atoms with Crippen LogP contribution in [0.2, 0.25) is 0 Å². The van der Waals surface area contributed by atoms with Gasteiger partial charge in [-0.2, -0.15) is 0 Å². The van der Waals surface area contributed by atoms with Gasteiger partial charge in [-0.25, -0.2) is 0 Å². The minimum Gasteiger partial charge on any atom is -0.456 e. The highest BCUT2D eigenvalue weighted by atomic mass is 16.3. The topological polar surface area (TPSA) is 55.1 Å². The molecule has 0 aliphatic carbocycles. The Kier molecular flexibility index (Phi) is 3.55. The standard InChI is InChI=1S/C13H14N2O2/c1-2-11-5-6-12(17-11)13(16)15-9-10-4-3-7-14-8-10/h3-8H,2,9H2,1H3,(H,15,16). The molecule has 1 N–H and O–H groups in total. The van der Waals surface area contributed by atoms with Gasteiger partial charge in [-0.1, -0.05) is 13.0 Å². The minimum absolute atomic E-state index is 0.200. The highest BCUT2D eigenvalue weighted by Crippen LogP contribution is 2.08. The van der Waals surface area contributed by atoms with Gasteiger partial charge in [0.1, 0.15) is 5.76 Å². The van der Waals surface area contributed by atoms with Gasteiger partial charge in [-0.05, 0) is 23.8 Å². The summed E-state index contributed by atoms with van der Waals surface area (Å²) in [4.78, 5) is 15.7. The molecule has 0 aromatic carbocycles. The zero-order valence-electron chi connectivity index (χ0n) is 9.64. The average molecular weight is 230 g/mol. The Balaban J connectivity index is 1.93. The first-order valence-electron chi connectivity index (χ1n) is 5.55. The lowest BCUT2D eigenvalue weighted by Crippen LogP contribution is -2.22. The zero-order valence-corrected chi connectivity index (χ0v) is 9.64. The van der Waals surface area contributed by atoms with E-state index in [0.29, 0.717) is 12.3 Å². The summed E-state index contributed by atoms with van der Waals surface area (Å²) >= 11 is 0. The number of carbonyl (C=O) groups is 1. The number of carbonyl (C=O) groups excluding carboxylic acids is 1. The number of hydrogen-bond donors (Lipinski definition) is 1. The molecule has 0 aliphatic heterocycles. The third-order valence-electron chi connectivity index (χ3n) is 2.41. The predicted octanol–water partition coefficient (Wildman–Crippen LogP) is 2.17. The van der Waals surface area contributed by atoms with Gasteiger partial charge in [0, 0.05) is 25.4 Å². The molecule has 1 amide bonds. The SMILES string of the molecule is CCc1ccc(C(=O)NCc2cccnc2)o1. The van der Waals surface area contributed by atoms with Gasteiger partial charge in [-0.15, -0.1) is 0 Å². The van der Waals surface area contributed by atoms with Crippen molar-refractivity contribution >= 4 is 5.91 Å². The Morgan fingerprint density at radius 3 is 2.94 bits per heavy atom. The van der Waals surface area contributed by atoms with E-state index in [4.69, 9.17) is 4.42 Å². The first kappa shape index (κ1) is 11.4. The van der Waals surface area contributed by atoms with Crippen LogP contribution in [0.5, 0.6) is 0 Å². The molecule has 4 nitrogen and oxygen atoms in total. The number of amides is 1. The number of aromatic nitrogens is 1. The average Bonchev–Trinajstić information content (AvgIpc) is 2.86. The first-order valence-corrected chi connectivity index (χ1v) is 5.55. The molecule has 0 bridgehead atoms. The smallest absolute Gasteiger partial charge is 0.287 e. The van der Waals surface area contributed by atoms with Crippen LogP contribution in [0.4, 0.5) is 0 Å². The molecule has 17 heavy (non-hydrogen) atoms. The molecule has 88 valence electrons. The number of pyridine rings is 1. The summed E-state index contributed by atoms with van der Waals surface area (Å²) in [5, 5.41) is 2.78. The summed E-state index contributed by atoms with van der Waals surface area (Å²) < 4.78 is 5.36. The Bertz CT molecular complexity index is 491. The van der Waals surface area contributed by atoms with Crippen LogP contribution in [0.1, 0.15) is 28.8 Å². The van der Waals surface area contributed by atoms with Crippen molar-refractivity contribution in [2.45, 2.75) is 19.9 Å². The van der Waals surface area contributed by atoms with E-state index in [2.05, 4.69) is 10.3 Å². The van der Waals surface area contributed by atoms with Crippen molar-refractivity contribution in [2.75, 3.05) is 0 Å². The summed E-state index contributed by atoms with van der Waals surface area (Å²) in [7, 11) is 0. The molecular formula is C13H14N2O2. The molecule has 2 aromatic heterocycles. The number of rotatable bonds is 4. The second kappa shape index (κ2) is 5.30. The Hall–Kier alpha value is -2.10. The van der Waals surface area contributed by atoms with Crippen molar-refractivity contribution in [3.8, 4) is 0 Å². The molecule has 0 saturated heterocycles. The molecule has 0 saturated carbocycles. The molecule has 2 aromatic rings. The van der Waals surface area contributed by atoms with Crippen LogP contribution in [0.15, 0.2) is 41.1 Å². The fraction of sp³-hybridized carbons (Fsp3) is 0.231. The fourth-order valence-corrected chi connectivity index (χ4v) is 1.46.